The predicted molar refractivity (Wildman–Crippen MR) is 78.9 cm³/mol. The summed E-state index contributed by atoms with van der Waals surface area (Å²) < 4.78 is 6.14. The Bertz CT molecular complexity index is 748. The van der Waals surface area contributed by atoms with Crippen LogP contribution < -0.4 is 10.6 Å². The van der Waals surface area contributed by atoms with E-state index in [9.17, 15) is 4.79 Å². The molecule has 0 atom stereocenters. The lowest BCUT2D eigenvalue weighted by Gasteiger charge is -2.06. The number of rotatable bonds is 3. The number of fused-ring (bicyclic) bond motifs is 1. The second kappa shape index (κ2) is 5.34. The highest BCUT2D eigenvalue weighted by Crippen LogP contribution is 2.23. The number of aromatic nitrogens is 1. The fraction of sp³-hybridized carbons (Fsp3) is 0.143. The van der Waals surface area contributed by atoms with E-state index in [2.05, 4.69) is 15.8 Å². The number of benzene rings is 1. The zero-order valence-corrected chi connectivity index (χ0v) is 11.7. The Labute approximate surface area is 119 Å². The number of aryl methyl sites for hydroxylation is 1. The standard InChI is InChI=1S/C14H13N3O2S/c1-9-6-12(17-19-9)8-15-14(18)16-11-2-3-13-10(7-11)4-5-20-13/h2-7H,8H2,1H3,(H2,15,16,18). The van der Waals surface area contributed by atoms with Gasteiger partial charge in [0.15, 0.2) is 0 Å². The number of hydrogen-bond acceptors (Lipinski definition) is 4. The van der Waals surface area contributed by atoms with Gasteiger partial charge in [0.1, 0.15) is 11.5 Å². The van der Waals surface area contributed by atoms with Gasteiger partial charge in [0.2, 0.25) is 0 Å². The highest BCUT2D eigenvalue weighted by Gasteiger charge is 2.05. The lowest BCUT2D eigenvalue weighted by Crippen LogP contribution is -2.28. The number of nitrogens with zero attached hydrogens (tertiary/aromatic N) is 1. The third-order valence-electron chi connectivity index (χ3n) is 2.82. The van der Waals surface area contributed by atoms with E-state index in [1.54, 1.807) is 17.4 Å². The number of hydrogen-bond donors (Lipinski definition) is 2. The molecular formula is C14H13N3O2S. The van der Waals surface area contributed by atoms with Crippen LogP contribution in [0.25, 0.3) is 10.1 Å². The maximum Gasteiger partial charge on any atom is 0.319 e. The van der Waals surface area contributed by atoms with E-state index >= 15 is 0 Å². The normalized spacial score (nSPS) is 10.7. The molecule has 2 aromatic heterocycles. The Morgan fingerprint density at radius 2 is 2.25 bits per heavy atom. The Kier molecular flexibility index (Phi) is 3.39. The van der Waals surface area contributed by atoms with Gasteiger partial charge in [-0.2, -0.15) is 0 Å². The first kappa shape index (κ1) is 12.7. The van der Waals surface area contributed by atoms with Gasteiger partial charge in [-0.15, -0.1) is 11.3 Å². The van der Waals surface area contributed by atoms with Crippen LogP contribution in [0.15, 0.2) is 40.2 Å². The summed E-state index contributed by atoms with van der Waals surface area (Å²) in [7, 11) is 0. The van der Waals surface area contributed by atoms with Crippen molar-refractivity contribution in [2.75, 3.05) is 5.32 Å². The molecule has 3 rings (SSSR count). The average molecular weight is 287 g/mol. The van der Waals surface area contributed by atoms with Gasteiger partial charge in [0.05, 0.1) is 6.54 Å². The van der Waals surface area contributed by atoms with Gasteiger partial charge >= 0.3 is 6.03 Å². The SMILES string of the molecule is Cc1cc(CNC(=O)Nc2ccc3sccc3c2)no1. The van der Waals surface area contributed by atoms with E-state index in [4.69, 9.17) is 4.52 Å². The van der Waals surface area contributed by atoms with Gasteiger partial charge in [0, 0.05) is 16.5 Å². The minimum absolute atomic E-state index is 0.264. The molecule has 0 unspecified atom stereocenters. The van der Waals surface area contributed by atoms with Crippen LogP contribution in [-0.2, 0) is 6.54 Å². The summed E-state index contributed by atoms with van der Waals surface area (Å²) >= 11 is 1.68. The zero-order chi connectivity index (χ0) is 13.9. The van der Waals surface area contributed by atoms with Crippen molar-refractivity contribution in [3.63, 3.8) is 0 Å². The molecule has 0 aliphatic rings. The minimum Gasteiger partial charge on any atom is -0.361 e. The number of amides is 2. The second-order valence-electron chi connectivity index (χ2n) is 4.41. The first-order valence-electron chi connectivity index (χ1n) is 6.15. The van der Waals surface area contributed by atoms with Gasteiger partial charge in [-0.3, -0.25) is 0 Å². The summed E-state index contributed by atoms with van der Waals surface area (Å²) in [4.78, 5) is 11.8. The topological polar surface area (TPSA) is 67.2 Å². The van der Waals surface area contributed by atoms with Crippen molar-refractivity contribution in [3.05, 3.63) is 47.2 Å². The Morgan fingerprint density at radius 1 is 1.35 bits per heavy atom. The number of carbonyl (C=O) groups excluding carboxylic acids is 1. The van der Waals surface area contributed by atoms with Crippen molar-refractivity contribution in [1.29, 1.82) is 0 Å². The molecule has 6 heteroatoms. The van der Waals surface area contributed by atoms with Gasteiger partial charge in [-0.05, 0) is 42.0 Å². The molecule has 102 valence electrons. The Balaban J connectivity index is 1.60. The Hall–Kier alpha value is -2.34. The lowest BCUT2D eigenvalue weighted by molar-refractivity contribution is 0.251. The van der Waals surface area contributed by atoms with E-state index in [1.165, 1.54) is 4.70 Å². The molecule has 0 spiro atoms. The molecule has 0 radical (unpaired) electrons. The predicted octanol–water partition coefficient (Wildman–Crippen LogP) is 3.52. The first-order chi connectivity index (χ1) is 9.70. The molecule has 0 saturated heterocycles. The highest BCUT2D eigenvalue weighted by molar-refractivity contribution is 7.17. The van der Waals surface area contributed by atoms with Crippen LogP contribution in [0.4, 0.5) is 10.5 Å². The summed E-state index contributed by atoms with van der Waals surface area (Å²) in [5.74, 6) is 0.727. The molecule has 2 N–H and O–H groups in total. The number of nitrogens with one attached hydrogen (secondary N) is 2. The molecule has 20 heavy (non-hydrogen) atoms. The minimum atomic E-state index is -0.264. The smallest absolute Gasteiger partial charge is 0.319 e. The summed E-state index contributed by atoms with van der Waals surface area (Å²) in [6.07, 6.45) is 0. The van der Waals surface area contributed by atoms with Gasteiger partial charge in [0.25, 0.3) is 0 Å². The summed E-state index contributed by atoms with van der Waals surface area (Å²) in [6.45, 7) is 2.15. The summed E-state index contributed by atoms with van der Waals surface area (Å²) in [6, 6.07) is 9.39. The van der Waals surface area contributed by atoms with Crippen LogP contribution in [0, 0.1) is 6.92 Å². The van der Waals surface area contributed by atoms with Crippen LogP contribution in [0.1, 0.15) is 11.5 Å². The molecule has 0 aliphatic carbocycles. The van der Waals surface area contributed by atoms with Crippen LogP contribution in [0.3, 0.4) is 0 Å². The van der Waals surface area contributed by atoms with Gasteiger partial charge in [-0.25, -0.2) is 4.79 Å². The molecule has 0 saturated carbocycles. The van der Waals surface area contributed by atoms with Crippen LogP contribution in [0.2, 0.25) is 0 Å². The average Bonchev–Trinajstić information content (AvgIpc) is 3.04. The van der Waals surface area contributed by atoms with Gasteiger partial charge < -0.3 is 15.2 Å². The lowest BCUT2D eigenvalue weighted by atomic mass is 10.2. The second-order valence-corrected chi connectivity index (χ2v) is 5.36. The molecule has 2 amide bonds. The fourth-order valence-corrected chi connectivity index (χ4v) is 2.66. The van der Waals surface area contributed by atoms with E-state index in [0.29, 0.717) is 12.2 Å². The first-order valence-corrected chi connectivity index (χ1v) is 7.03. The molecule has 3 aromatic rings. The number of thiophene rings is 1. The van der Waals surface area contributed by atoms with Crippen LogP contribution in [-0.4, -0.2) is 11.2 Å². The molecule has 0 fully saturated rings. The quantitative estimate of drug-likeness (QED) is 0.774. The fourth-order valence-electron chi connectivity index (χ4n) is 1.89. The Morgan fingerprint density at radius 3 is 3.05 bits per heavy atom. The van der Waals surface area contributed by atoms with E-state index in [0.717, 1.165) is 16.8 Å². The monoisotopic (exact) mass is 287 g/mol. The summed E-state index contributed by atoms with van der Waals surface area (Å²) in [5.41, 5.74) is 1.47. The van der Waals surface area contributed by atoms with E-state index in [1.807, 2.05) is 36.6 Å². The van der Waals surface area contributed by atoms with E-state index < -0.39 is 0 Å². The highest BCUT2D eigenvalue weighted by atomic mass is 32.1. The van der Waals surface area contributed by atoms with Crippen molar-refractivity contribution < 1.29 is 9.32 Å². The molecule has 0 bridgehead atoms. The zero-order valence-electron chi connectivity index (χ0n) is 10.8. The van der Waals surface area contributed by atoms with Crippen molar-refractivity contribution in [3.8, 4) is 0 Å². The van der Waals surface area contributed by atoms with Crippen molar-refractivity contribution in [2.24, 2.45) is 0 Å². The van der Waals surface area contributed by atoms with Gasteiger partial charge in [-0.1, -0.05) is 5.16 Å². The molecule has 0 aliphatic heterocycles. The van der Waals surface area contributed by atoms with Crippen LogP contribution in [0.5, 0.6) is 0 Å². The number of carbonyl (C=O) groups is 1. The third-order valence-corrected chi connectivity index (χ3v) is 3.71. The maximum absolute atomic E-state index is 11.8. The van der Waals surface area contributed by atoms with E-state index in [-0.39, 0.29) is 6.03 Å². The van der Waals surface area contributed by atoms with Crippen molar-refractivity contribution in [2.45, 2.75) is 13.5 Å². The van der Waals surface area contributed by atoms with Crippen molar-refractivity contribution >= 4 is 33.1 Å². The number of anilines is 1. The molecular weight excluding hydrogens is 274 g/mol. The van der Waals surface area contributed by atoms with Crippen molar-refractivity contribution in [1.82, 2.24) is 10.5 Å². The summed E-state index contributed by atoms with van der Waals surface area (Å²) in [5, 5.41) is 12.5. The maximum atomic E-state index is 11.8. The van der Waals surface area contributed by atoms with Crippen LogP contribution >= 0.6 is 11.3 Å². The number of urea groups is 1. The molecule has 2 heterocycles. The third kappa shape index (κ3) is 2.80. The molecule has 5 nitrogen and oxygen atoms in total. The molecule has 1 aromatic carbocycles. The largest absolute Gasteiger partial charge is 0.361 e.